The topological polar surface area (TPSA) is 43.4 Å². The van der Waals surface area contributed by atoms with E-state index < -0.39 is 0 Å². The van der Waals surface area contributed by atoms with Crippen LogP contribution in [0.1, 0.15) is 39.1 Å². The highest BCUT2D eigenvalue weighted by Crippen LogP contribution is 2.12. The molecule has 0 saturated carbocycles. The molecular formula is C18H18O3. The highest BCUT2D eigenvalue weighted by Gasteiger charge is 1.97. The Kier molecular flexibility index (Phi) is 5.71. The molecule has 0 aromatic heterocycles. The number of aldehydes is 2. The van der Waals surface area contributed by atoms with E-state index in [0.29, 0.717) is 17.7 Å². The summed E-state index contributed by atoms with van der Waals surface area (Å²) >= 11 is 0. The van der Waals surface area contributed by atoms with Gasteiger partial charge in [-0.1, -0.05) is 24.3 Å². The van der Waals surface area contributed by atoms with E-state index in [1.54, 1.807) is 12.1 Å². The molecule has 3 heteroatoms. The average molecular weight is 282 g/mol. The van der Waals surface area contributed by atoms with Crippen molar-refractivity contribution in [1.82, 2.24) is 0 Å². The summed E-state index contributed by atoms with van der Waals surface area (Å²) in [7, 11) is 0. The van der Waals surface area contributed by atoms with Crippen molar-refractivity contribution in [2.75, 3.05) is 6.61 Å². The quantitative estimate of drug-likeness (QED) is 0.547. The zero-order valence-electron chi connectivity index (χ0n) is 11.8. The van der Waals surface area contributed by atoms with Crippen molar-refractivity contribution in [3.63, 3.8) is 0 Å². The highest BCUT2D eigenvalue weighted by molar-refractivity contribution is 5.75. The molecule has 0 aliphatic rings. The van der Waals surface area contributed by atoms with E-state index in [-0.39, 0.29) is 0 Å². The second kappa shape index (κ2) is 8.00. The highest BCUT2D eigenvalue weighted by atomic mass is 16.5. The monoisotopic (exact) mass is 282 g/mol. The average Bonchev–Trinajstić information content (AvgIpc) is 2.55. The number of benzene rings is 2. The Morgan fingerprint density at radius 1 is 0.762 bits per heavy atom. The molecular weight excluding hydrogens is 264 g/mol. The van der Waals surface area contributed by atoms with Gasteiger partial charge in [0.15, 0.2) is 0 Å². The van der Waals surface area contributed by atoms with Crippen molar-refractivity contribution < 1.29 is 14.3 Å². The van der Waals surface area contributed by atoms with Gasteiger partial charge >= 0.3 is 0 Å². The van der Waals surface area contributed by atoms with Crippen LogP contribution >= 0.6 is 0 Å². The van der Waals surface area contributed by atoms with Gasteiger partial charge in [0.1, 0.15) is 18.3 Å². The first-order chi connectivity index (χ1) is 10.3. The number of rotatable bonds is 8. The summed E-state index contributed by atoms with van der Waals surface area (Å²) in [5.41, 5.74) is 2.60. The van der Waals surface area contributed by atoms with Gasteiger partial charge < -0.3 is 4.74 Å². The van der Waals surface area contributed by atoms with Crippen LogP contribution in [0.3, 0.4) is 0 Å². The fourth-order valence-corrected chi connectivity index (χ4v) is 2.03. The molecule has 0 saturated heterocycles. The summed E-state index contributed by atoms with van der Waals surface area (Å²) < 4.78 is 5.62. The van der Waals surface area contributed by atoms with Gasteiger partial charge in [-0.15, -0.1) is 0 Å². The van der Waals surface area contributed by atoms with Crippen molar-refractivity contribution in [3.05, 3.63) is 65.2 Å². The zero-order chi connectivity index (χ0) is 14.9. The Bertz CT molecular complexity index is 517. The molecule has 0 heterocycles. The Balaban J connectivity index is 1.66. The lowest BCUT2D eigenvalue weighted by molar-refractivity contribution is 0.111. The van der Waals surface area contributed by atoms with Crippen molar-refractivity contribution in [2.45, 2.75) is 19.3 Å². The number of carbonyl (C=O) groups excluding carboxylic acids is 2. The number of ether oxygens (including phenoxy) is 1. The largest absolute Gasteiger partial charge is 0.494 e. The predicted octanol–water partition coefficient (Wildman–Crippen LogP) is 3.71. The molecule has 0 atom stereocenters. The number of unbranched alkanes of at least 4 members (excludes halogenated alkanes) is 1. The minimum absolute atomic E-state index is 0.654. The maximum absolute atomic E-state index is 10.6. The SMILES string of the molecule is O=Cc1ccc(CCCCOc2ccc(C=O)cc2)cc1. The predicted molar refractivity (Wildman–Crippen MR) is 82.1 cm³/mol. The zero-order valence-corrected chi connectivity index (χ0v) is 11.8. The molecule has 0 radical (unpaired) electrons. The van der Waals surface area contributed by atoms with Gasteiger partial charge in [0.2, 0.25) is 0 Å². The summed E-state index contributed by atoms with van der Waals surface area (Å²) in [6.07, 6.45) is 4.65. The maximum atomic E-state index is 10.6. The Morgan fingerprint density at radius 2 is 1.33 bits per heavy atom. The first-order valence-electron chi connectivity index (χ1n) is 7.04. The lowest BCUT2D eigenvalue weighted by Crippen LogP contribution is -1.98. The normalized spacial score (nSPS) is 10.1. The van der Waals surface area contributed by atoms with Crippen LogP contribution in [0, 0.1) is 0 Å². The summed E-state index contributed by atoms with van der Waals surface area (Å²) in [5, 5.41) is 0. The van der Waals surface area contributed by atoms with Crippen LogP contribution in [0.15, 0.2) is 48.5 Å². The van der Waals surface area contributed by atoms with E-state index in [0.717, 1.165) is 37.6 Å². The fourth-order valence-electron chi connectivity index (χ4n) is 2.03. The van der Waals surface area contributed by atoms with Crippen molar-refractivity contribution in [1.29, 1.82) is 0 Å². The minimum Gasteiger partial charge on any atom is -0.494 e. The van der Waals surface area contributed by atoms with Gasteiger partial charge in [-0.05, 0) is 49.1 Å². The van der Waals surface area contributed by atoms with Gasteiger partial charge in [0, 0.05) is 11.1 Å². The van der Waals surface area contributed by atoms with Crippen LogP contribution in [0.5, 0.6) is 5.75 Å². The summed E-state index contributed by atoms with van der Waals surface area (Å²) in [6.45, 7) is 0.660. The molecule has 21 heavy (non-hydrogen) atoms. The van der Waals surface area contributed by atoms with Gasteiger partial charge in [-0.2, -0.15) is 0 Å². The molecule has 0 N–H and O–H groups in total. The molecule has 2 aromatic rings. The van der Waals surface area contributed by atoms with E-state index in [2.05, 4.69) is 0 Å². The molecule has 108 valence electrons. The molecule has 3 nitrogen and oxygen atoms in total. The lowest BCUT2D eigenvalue weighted by Gasteiger charge is -2.06. The molecule has 2 rings (SSSR count). The summed E-state index contributed by atoms with van der Waals surface area (Å²) in [5.74, 6) is 0.788. The van der Waals surface area contributed by atoms with E-state index in [1.165, 1.54) is 5.56 Å². The number of carbonyl (C=O) groups is 2. The number of aryl methyl sites for hydroxylation is 1. The smallest absolute Gasteiger partial charge is 0.150 e. The molecule has 0 amide bonds. The van der Waals surface area contributed by atoms with Crippen molar-refractivity contribution >= 4 is 12.6 Å². The van der Waals surface area contributed by atoms with E-state index >= 15 is 0 Å². The number of hydrogen-bond donors (Lipinski definition) is 0. The molecule has 0 bridgehead atoms. The van der Waals surface area contributed by atoms with Crippen LogP contribution in [0.25, 0.3) is 0 Å². The third-order valence-electron chi connectivity index (χ3n) is 3.26. The van der Waals surface area contributed by atoms with Crippen molar-refractivity contribution in [3.8, 4) is 5.75 Å². The van der Waals surface area contributed by atoms with E-state index in [9.17, 15) is 9.59 Å². The third kappa shape index (κ3) is 4.88. The van der Waals surface area contributed by atoms with Crippen molar-refractivity contribution in [2.24, 2.45) is 0 Å². The van der Waals surface area contributed by atoms with Crippen LogP contribution in [0.2, 0.25) is 0 Å². The Morgan fingerprint density at radius 3 is 1.90 bits per heavy atom. The van der Waals surface area contributed by atoms with Gasteiger partial charge in [0.25, 0.3) is 0 Å². The Labute approximate surface area is 124 Å². The first-order valence-corrected chi connectivity index (χ1v) is 7.04. The van der Waals surface area contributed by atoms with Crippen LogP contribution < -0.4 is 4.74 Å². The molecule has 0 unspecified atom stereocenters. The second-order valence-corrected chi connectivity index (χ2v) is 4.85. The maximum Gasteiger partial charge on any atom is 0.150 e. The second-order valence-electron chi connectivity index (χ2n) is 4.85. The van der Waals surface area contributed by atoms with Crippen LogP contribution in [-0.2, 0) is 6.42 Å². The third-order valence-corrected chi connectivity index (χ3v) is 3.26. The molecule has 0 aliphatic heterocycles. The van der Waals surface area contributed by atoms with E-state index in [4.69, 9.17) is 4.74 Å². The fraction of sp³-hybridized carbons (Fsp3) is 0.222. The van der Waals surface area contributed by atoms with Crippen LogP contribution in [-0.4, -0.2) is 19.2 Å². The molecule has 0 fully saturated rings. The van der Waals surface area contributed by atoms with Gasteiger partial charge in [-0.3, -0.25) is 9.59 Å². The van der Waals surface area contributed by atoms with Gasteiger partial charge in [0.05, 0.1) is 6.61 Å². The lowest BCUT2D eigenvalue weighted by atomic mass is 10.1. The minimum atomic E-state index is 0.654. The first kappa shape index (κ1) is 15.0. The summed E-state index contributed by atoms with van der Waals surface area (Å²) in [6, 6.07) is 14.8. The van der Waals surface area contributed by atoms with Gasteiger partial charge in [-0.25, -0.2) is 0 Å². The number of hydrogen-bond acceptors (Lipinski definition) is 3. The molecule has 2 aromatic carbocycles. The summed E-state index contributed by atoms with van der Waals surface area (Å²) in [4.78, 5) is 21.1. The van der Waals surface area contributed by atoms with E-state index in [1.807, 2.05) is 36.4 Å². The van der Waals surface area contributed by atoms with Crippen LogP contribution in [0.4, 0.5) is 0 Å². The Hall–Kier alpha value is -2.42. The molecule has 0 aliphatic carbocycles. The molecule has 0 spiro atoms. The standard InChI is InChI=1S/C18H18O3/c19-13-16-6-4-15(5-7-16)3-1-2-12-21-18-10-8-17(14-20)9-11-18/h4-11,13-14H,1-3,12H2.